The molecule has 1 aromatic carbocycles. The molecule has 0 aliphatic carbocycles. The van der Waals surface area contributed by atoms with Gasteiger partial charge in [-0.05, 0) is 12.5 Å². The van der Waals surface area contributed by atoms with E-state index in [-0.39, 0.29) is 0 Å². The zero-order valence-electron chi connectivity index (χ0n) is 8.25. The van der Waals surface area contributed by atoms with Crippen molar-refractivity contribution in [3.8, 4) is 0 Å². The third-order valence-corrected chi connectivity index (χ3v) is 2.08. The van der Waals surface area contributed by atoms with Crippen molar-refractivity contribution < 1.29 is 0 Å². The van der Waals surface area contributed by atoms with Gasteiger partial charge in [-0.2, -0.15) is 0 Å². The van der Waals surface area contributed by atoms with Crippen LogP contribution in [0, 0.1) is 0 Å². The van der Waals surface area contributed by atoms with Gasteiger partial charge >= 0.3 is 0 Å². The van der Waals surface area contributed by atoms with Gasteiger partial charge in [-0.1, -0.05) is 43.5 Å². The van der Waals surface area contributed by atoms with Gasteiger partial charge in [0.1, 0.15) is 0 Å². The smallest absolute Gasteiger partial charge is 0.0405 e. The average molecular weight is 173 g/mol. The van der Waals surface area contributed by atoms with Crippen LogP contribution in [-0.4, -0.2) is 11.9 Å². The summed E-state index contributed by atoms with van der Waals surface area (Å²) in [7, 11) is 1.97. The van der Waals surface area contributed by atoms with E-state index < -0.39 is 0 Å². The quantitative estimate of drug-likeness (QED) is 0.678. The lowest BCUT2D eigenvalue weighted by molar-refractivity contribution is 0.602. The minimum absolute atomic E-state index is 0.980. The first-order valence-electron chi connectivity index (χ1n) is 4.26. The standard InChI is InChI=1S/C12H15N/c1-10(2)13(4)11(3)12-8-6-5-7-9-12/h5-9H,1,3H2,2,4H3. The molecule has 1 nitrogen and oxygen atoms in total. The normalized spacial score (nSPS) is 9.38. The monoisotopic (exact) mass is 173 g/mol. The van der Waals surface area contributed by atoms with Crippen LogP contribution in [0.5, 0.6) is 0 Å². The zero-order valence-corrected chi connectivity index (χ0v) is 8.25. The third kappa shape index (κ3) is 2.22. The van der Waals surface area contributed by atoms with Gasteiger partial charge in [0.05, 0.1) is 0 Å². The number of benzene rings is 1. The highest BCUT2D eigenvalue weighted by Gasteiger charge is 2.03. The van der Waals surface area contributed by atoms with Crippen LogP contribution in [0.4, 0.5) is 0 Å². The molecule has 0 aliphatic heterocycles. The summed E-state index contributed by atoms with van der Waals surface area (Å²) in [6, 6.07) is 10.1. The van der Waals surface area contributed by atoms with Gasteiger partial charge in [0, 0.05) is 18.4 Å². The van der Waals surface area contributed by atoms with E-state index in [2.05, 4.69) is 13.2 Å². The molecule has 0 saturated carbocycles. The minimum Gasteiger partial charge on any atom is -0.349 e. The molecule has 0 radical (unpaired) electrons. The van der Waals surface area contributed by atoms with Crippen molar-refractivity contribution in [1.29, 1.82) is 0 Å². The topological polar surface area (TPSA) is 3.24 Å². The number of allylic oxidation sites excluding steroid dienone is 1. The van der Waals surface area contributed by atoms with E-state index in [0.717, 1.165) is 17.0 Å². The molecule has 0 atom stereocenters. The first kappa shape index (κ1) is 9.59. The van der Waals surface area contributed by atoms with Crippen molar-refractivity contribution in [3.63, 3.8) is 0 Å². The summed E-state index contributed by atoms with van der Waals surface area (Å²) in [5, 5.41) is 0. The molecule has 1 rings (SSSR count). The van der Waals surface area contributed by atoms with Crippen LogP contribution >= 0.6 is 0 Å². The number of hydrogen-bond acceptors (Lipinski definition) is 1. The van der Waals surface area contributed by atoms with E-state index in [1.807, 2.05) is 49.2 Å². The predicted octanol–water partition coefficient (Wildman–Crippen LogP) is 3.12. The maximum Gasteiger partial charge on any atom is 0.0405 e. The minimum atomic E-state index is 0.980. The van der Waals surface area contributed by atoms with E-state index >= 15 is 0 Å². The summed E-state index contributed by atoms with van der Waals surface area (Å²) in [5.74, 6) is 0. The molecule has 0 amide bonds. The van der Waals surface area contributed by atoms with Gasteiger partial charge in [0.25, 0.3) is 0 Å². The molecular weight excluding hydrogens is 158 g/mol. The van der Waals surface area contributed by atoms with Gasteiger partial charge in [-0.15, -0.1) is 0 Å². The Bertz CT molecular complexity index is 311. The summed E-state index contributed by atoms with van der Waals surface area (Å²) < 4.78 is 0. The summed E-state index contributed by atoms with van der Waals surface area (Å²) in [5.41, 5.74) is 3.11. The molecule has 68 valence electrons. The molecular formula is C12H15N. The Morgan fingerprint density at radius 2 is 1.69 bits per heavy atom. The van der Waals surface area contributed by atoms with Crippen LogP contribution in [0.3, 0.4) is 0 Å². The molecule has 0 N–H and O–H groups in total. The SMILES string of the molecule is C=C(C)N(C)C(=C)c1ccccc1. The second-order valence-corrected chi connectivity index (χ2v) is 3.11. The molecule has 0 saturated heterocycles. The Hall–Kier alpha value is -1.50. The van der Waals surface area contributed by atoms with Crippen molar-refractivity contribution >= 4 is 5.70 Å². The zero-order chi connectivity index (χ0) is 9.84. The van der Waals surface area contributed by atoms with Crippen LogP contribution in [0.1, 0.15) is 12.5 Å². The lowest BCUT2D eigenvalue weighted by atomic mass is 10.1. The van der Waals surface area contributed by atoms with Crippen molar-refractivity contribution in [2.75, 3.05) is 7.05 Å². The summed E-state index contributed by atoms with van der Waals surface area (Å²) in [6.07, 6.45) is 0. The molecule has 1 aromatic rings. The molecule has 0 spiro atoms. The Labute approximate surface area is 80.0 Å². The fourth-order valence-corrected chi connectivity index (χ4v) is 1.05. The Morgan fingerprint density at radius 1 is 1.15 bits per heavy atom. The van der Waals surface area contributed by atoms with Crippen molar-refractivity contribution in [2.24, 2.45) is 0 Å². The maximum atomic E-state index is 4.01. The Kier molecular flexibility index (Phi) is 2.91. The second kappa shape index (κ2) is 3.94. The highest BCUT2D eigenvalue weighted by atomic mass is 15.1. The molecule has 13 heavy (non-hydrogen) atoms. The van der Waals surface area contributed by atoms with E-state index in [1.54, 1.807) is 0 Å². The number of rotatable bonds is 3. The Morgan fingerprint density at radius 3 is 2.15 bits per heavy atom. The first-order valence-corrected chi connectivity index (χ1v) is 4.26. The van der Waals surface area contributed by atoms with Gasteiger partial charge in [0.15, 0.2) is 0 Å². The van der Waals surface area contributed by atoms with Crippen LogP contribution in [0.2, 0.25) is 0 Å². The highest BCUT2D eigenvalue weighted by Crippen LogP contribution is 2.17. The largest absolute Gasteiger partial charge is 0.349 e. The molecule has 0 aliphatic rings. The van der Waals surface area contributed by atoms with Gasteiger partial charge in [0.2, 0.25) is 0 Å². The fraction of sp³-hybridized carbons (Fsp3) is 0.167. The van der Waals surface area contributed by atoms with E-state index in [9.17, 15) is 0 Å². The molecule has 0 unspecified atom stereocenters. The second-order valence-electron chi connectivity index (χ2n) is 3.11. The molecule has 0 aromatic heterocycles. The molecule has 0 bridgehead atoms. The summed E-state index contributed by atoms with van der Waals surface area (Å²) >= 11 is 0. The molecule has 0 heterocycles. The maximum absolute atomic E-state index is 4.01. The van der Waals surface area contributed by atoms with E-state index in [4.69, 9.17) is 0 Å². The highest BCUT2D eigenvalue weighted by molar-refractivity contribution is 5.62. The van der Waals surface area contributed by atoms with Crippen LogP contribution < -0.4 is 0 Å². The Balaban J connectivity index is 2.86. The number of nitrogens with zero attached hydrogens (tertiary/aromatic N) is 1. The van der Waals surface area contributed by atoms with Crippen LogP contribution in [0.15, 0.2) is 49.2 Å². The average Bonchev–Trinajstić information content (AvgIpc) is 2.17. The fourth-order valence-electron chi connectivity index (χ4n) is 1.05. The van der Waals surface area contributed by atoms with Gasteiger partial charge in [-0.25, -0.2) is 0 Å². The van der Waals surface area contributed by atoms with Crippen molar-refractivity contribution in [3.05, 3.63) is 54.8 Å². The van der Waals surface area contributed by atoms with E-state index in [1.165, 1.54) is 0 Å². The lowest BCUT2D eigenvalue weighted by Gasteiger charge is -2.21. The summed E-state index contributed by atoms with van der Waals surface area (Å²) in [4.78, 5) is 1.98. The predicted molar refractivity (Wildman–Crippen MR) is 58.1 cm³/mol. The van der Waals surface area contributed by atoms with Crippen molar-refractivity contribution in [1.82, 2.24) is 4.90 Å². The van der Waals surface area contributed by atoms with Gasteiger partial charge in [-0.3, -0.25) is 0 Å². The molecule has 1 heteroatoms. The first-order chi connectivity index (χ1) is 6.13. The molecule has 0 fully saturated rings. The van der Waals surface area contributed by atoms with E-state index in [0.29, 0.717) is 0 Å². The third-order valence-electron chi connectivity index (χ3n) is 2.08. The van der Waals surface area contributed by atoms with Crippen molar-refractivity contribution in [2.45, 2.75) is 6.92 Å². The number of hydrogen-bond donors (Lipinski definition) is 0. The van der Waals surface area contributed by atoms with Crippen LogP contribution in [-0.2, 0) is 0 Å². The van der Waals surface area contributed by atoms with Gasteiger partial charge < -0.3 is 4.90 Å². The summed E-state index contributed by atoms with van der Waals surface area (Å²) in [6.45, 7) is 9.84. The lowest BCUT2D eigenvalue weighted by Crippen LogP contribution is -2.12. The van der Waals surface area contributed by atoms with Crippen LogP contribution in [0.25, 0.3) is 5.70 Å².